The van der Waals surface area contributed by atoms with Crippen molar-refractivity contribution in [2.24, 2.45) is 0 Å². The number of hydrogen-bond donors (Lipinski definition) is 1. The summed E-state index contributed by atoms with van der Waals surface area (Å²) in [5.74, 6) is -0.291. The molecule has 2 heterocycles. The predicted octanol–water partition coefficient (Wildman–Crippen LogP) is 3.51. The minimum absolute atomic E-state index is 0.113. The summed E-state index contributed by atoms with van der Waals surface area (Å²) in [5, 5.41) is 5.03. The molecule has 3 aromatic rings. The number of nitrogens with zero attached hydrogens (tertiary/aromatic N) is 2. The largest absolute Gasteiger partial charge is 0.355 e. The third kappa shape index (κ3) is 3.81. The fourth-order valence-corrected chi connectivity index (χ4v) is 4.03. The molecular formula is C18H18FN3O2S2. The van der Waals surface area contributed by atoms with E-state index >= 15 is 0 Å². The first kappa shape index (κ1) is 18.6. The molecule has 0 saturated carbocycles. The number of aromatic nitrogens is 2. The second-order valence-corrected chi connectivity index (χ2v) is 7.60. The SMILES string of the molecule is CCCNC(=O)CSc1nc2ccsc2c(=O)n1-c1ccc(F)c(C)c1. The highest BCUT2D eigenvalue weighted by Crippen LogP contribution is 2.24. The standard InChI is InChI=1S/C18H18FN3O2S2/c1-3-7-20-15(23)10-26-18-21-14-6-8-25-16(14)17(24)22(18)12-4-5-13(19)11(2)9-12/h4-6,8-9H,3,7,10H2,1-2H3,(H,20,23). The van der Waals surface area contributed by atoms with Crippen LogP contribution in [0.15, 0.2) is 39.6 Å². The molecule has 0 aliphatic carbocycles. The molecule has 0 aliphatic rings. The van der Waals surface area contributed by atoms with Gasteiger partial charge in [0.15, 0.2) is 5.16 Å². The zero-order valence-electron chi connectivity index (χ0n) is 14.4. The van der Waals surface area contributed by atoms with Gasteiger partial charge in [-0.25, -0.2) is 9.37 Å². The molecule has 2 aromatic heterocycles. The Kier molecular flexibility index (Phi) is 5.73. The van der Waals surface area contributed by atoms with Crippen molar-refractivity contribution < 1.29 is 9.18 Å². The number of carbonyl (C=O) groups excluding carboxylic acids is 1. The van der Waals surface area contributed by atoms with Crippen molar-refractivity contribution in [3.8, 4) is 5.69 Å². The number of thioether (sulfide) groups is 1. The zero-order valence-corrected chi connectivity index (χ0v) is 16.0. The molecule has 0 spiro atoms. The molecular weight excluding hydrogens is 373 g/mol. The summed E-state index contributed by atoms with van der Waals surface area (Å²) in [6.07, 6.45) is 0.856. The number of hydrogen-bond acceptors (Lipinski definition) is 5. The number of halogens is 1. The summed E-state index contributed by atoms with van der Waals surface area (Å²) in [5.41, 5.74) is 1.37. The maximum Gasteiger partial charge on any atom is 0.276 e. The average molecular weight is 391 g/mol. The number of rotatable bonds is 6. The summed E-state index contributed by atoms with van der Waals surface area (Å²) in [6, 6.07) is 6.27. The van der Waals surface area contributed by atoms with E-state index in [9.17, 15) is 14.0 Å². The summed E-state index contributed by atoms with van der Waals surface area (Å²) in [6.45, 7) is 4.24. The molecule has 0 unspecified atom stereocenters. The van der Waals surface area contributed by atoms with Crippen molar-refractivity contribution in [1.29, 1.82) is 0 Å². The van der Waals surface area contributed by atoms with Crippen molar-refractivity contribution in [2.45, 2.75) is 25.4 Å². The van der Waals surface area contributed by atoms with Crippen LogP contribution in [-0.4, -0.2) is 27.8 Å². The minimum Gasteiger partial charge on any atom is -0.355 e. The van der Waals surface area contributed by atoms with Gasteiger partial charge in [0.25, 0.3) is 5.56 Å². The van der Waals surface area contributed by atoms with E-state index in [2.05, 4.69) is 10.3 Å². The second kappa shape index (κ2) is 8.01. The van der Waals surface area contributed by atoms with Gasteiger partial charge in [-0.2, -0.15) is 0 Å². The van der Waals surface area contributed by atoms with Crippen molar-refractivity contribution in [2.75, 3.05) is 12.3 Å². The van der Waals surface area contributed by atoms with Gasteiger partial charge >= 0.3 is 0 Å². The smallest absolute Gasteiger partial charge is 0.276 e. The van der Waals surface area contributed by atoms with E-state index in [1.165, 1.54) is 33.7 Å². The average Bonchev–Trinajstić information content (AvgIpc) is 3.09. The van der Waals surface area contributed by atoms with E-state index in [1.807, 2.05) is 12.3 Å². The lowest BCUT2D eigenvalue weighted by Gasteiger charge is -2.13. The summed E-state index contributed by atoms with van der Waals surface area (Å²) >= 11 is 2.51. The lowest BCUT2D eigenvalue weighted by molar-refractivity contribution is -0.118. The van der Waals surface area contributed by atoms with E-state index in [0.717, 1.165) is 6.42 Å². The van der Waals surface area contributed by atoms with Gasteiger partial charge in [-0.1, -0.05) is 18.7 Å². The molecule has 136 valence electrons. The highest BCUT2D eigenvalue weighted by Gasteiger charge is 2.16. The summed E-state index contributed by atoms with van der Waals surface area (Å²) in [4.78, 5) is 29.4. The molecule has 0 fully saturated rings. The third-order valence-electron chi connectivity index (χ3n) is 3.75. The van der Waals surface area contributed by atoms with Crippen molar-refractivity contribution in [3.63, 3.8) is 0 Å². The molecule has 0 radical (unpaired) electrons. The number of amides is 1. The highest BCUT2D eigenvalue weighted by molar-refractivity contribution is 7.99. The first-order valence-corrected chi connectivity index (χ1v) is 10.0. The van der Waals surface area contributed by atoms with Crippen molar-refractivity contribution >= 4 is 39.2 Å². The molecule has 0 bridgehead atoms. The van der Waals surface area contributed by atoms with Gasteiger partial charge in [-0.3, -0.25) is 14.2 Å². The Morgan fingerprint density at radius 3 is 2.92 bits per heavy atom. The molecule has 3 rings (SSSR count). The molecule has 0 aliphatic heterocycles. The van der Waals surface area contributed by atoms with Crippen LogP contribution in [0.5, 0.6) is 0 Å². The molecule has 1 amide bonds. The Hall–Kier alpha value is -2.19. The number of benzene rings is 1. The van der Waals surface area contributed by atoms with Gasteiger partial charge in [0.05, 0.1) is 17.0 Å². The summed E-state index contributed by atoms with van der Waals surface area (Å²) < 4.78 is 15.6. The van der Waals surface area contributed by atoms with Gasteiger partial charge in [0.1, 0.15) is 10.5 Å². The topological polar surface area (TPSA) is 64.0 Å². The number of fused-ring (bicyclic) bond motifs is 1. The van der Waals surface area contributed by atoms with E-state index < -0.39 is 0 Å². The first-order valence-electron chi connectivity index (χ1n) is 8.17. The van der Waals surface area contributed by atoms with Crippen LogP contribution in [0.4, 0.5) is 4.39 Å². The van der Waals surface area contributed by atoms with Crippen LogP contribution in [0.25, 0.3) is 15.9 Å². The molecule has 1 N–H and O–H groups in total. The fraction of sp³-hybridized carbons (Fsp3) is 0.278. The molecule has 26 heavy (non-hydrogen) atoms. The predicted molar refractivity (Wildman–Crippen MR) is 104 cm³/mol. The Morgan fingerprint density at radius 1 is 1.38 bits per heavy atom. The van der Waals surface area contributed by atoms with Gasteiger partial charge in [-0.15, -0.1) is 11.3 Å². The Balaban J connectivity index is 2.04. The zero-order chi connectivity index (χ0) is 18.7. The number of nitrogens with one attached hydrogen (secondary N) is 1. The maximum atomic E-state index is 13.6. The quantitative estimate of drug-likeness (QED) is 0.516. The lowest BCUT2D eigenvalue weighted by Crippen LogP contribution is -2.27. The van der Waals surface area contributed by atoms with Crippen molar-refractivity contribution in [3.05, 3.63) is 51.4 Å². The van der Waals surface area contributed by atoms with E-state index in [0.29, 0.717) is 33.2 Å². The Bertz CT molecular complexity index is 1010. The molecule has 1 aromatic carbocycles. The van der Waals surface area contributed by atoms with Crippen LogP contribution in [0.2, 0.25) is 0 Å². The normalized spacial score (nSPS) is 11.0. The van der Waals surface area contributed by atoms with Gasteiger partial charge in [-0.05, 0) is 48.6 Å². The van der Waals surface area contributed by atoms with Crippen molar-refractivity contribution in [1.82, 2.24) is 14.9 Å². The Morgan fingerprint density at radius 2 is 2.19 bits per heavy atom. The van der Waals surface area contributed by atoms with Crippen LogP contribution in [0.3, 0.4) is 0 Å². The second-order valence-electron chi connectivity index (χ2n) is 5.74. The highest BCUT2D eigenvalue weighted by atomic mass is 32.2. The van der Waals surface area contributed by atoms with E-state index in [4.69, 9.17) is 0 Å². The van der Waals surface area contributed by atoms with Crippen LogP contribution >= 0.6 is 23.1 Å². The van der Waals surface area contributed by atoms with Gasteiger partial charge < -0.3 is 5.32 Å². The molecule has 0 saturated heterocycles. The summed E-state index contributed by atoms with van der Waals surface area (Å²) in [7, 11) is 0. The third-order valence-corrected chi connectivity index (χ3v) is 5.58. The van der Waals surface area contributed by atoms with Crippen LogP contribution in [0, 0.1) is 12.7 Å². The van der Waals surface area contributed by atoms with E-state index in [1.54, 1.807) is 25.1 Å². The first-order chi connectivity index (χ1) is 12.5. The lowest BCUT2D eigenvalue weighted by atomic mass is 10.2. The van der Waals surface area contributed by atoms with Gasteiger partial charge in [0.2, 0.25) is 5.91 Å². The van der Waals surface area contributed by atoms with Gasteiger partial charge in [0, 0.05) is 6.54 Å². The fourth-order valence-electron chi connectivity index (χ4n) is 2.43. The number of aryl methyl sites for hydroxylation is 1. The molecule has 0 atom stereocenters. The number of thiophene rings is 1. The Labute approximate surface area is 158 Å². The van der Waals surface area contributed by atoms with E-state index in [-0.39, 0.29) is 23.0 Å². The molecule has 8 heteroatoms. The van der Waals surface area contributed by atoms with Crippen LogP contribution < -0.4 is 10.9 Å². The minimum atomic E-state index is -0.333. The number of carbonyl (C=O) groups is 1. The molecule has 5 nitrogen and oxygen atoms in total. The van der Waals surface area contributed by atoms with Crippen LogP contribution in [0.1, 0.15) is 18.9 Å². The van der Waals surface area contributed by atoms with Crippen LogP contribution in [-0.2, 0) is 4.79 Å². The monoisotopic (exact) mass is 391 g/mol. The maximum absolute atomic E-state index is 13.6.